The Hall–Kier alpha value is 0.300. The standard InChI is InChI=1S/C9H16N2S.BrH/c1-2-10-9-11-6-3-4-8(11)5-7-12-9;/h8H,2-7H2,1H3;1H. The van der Waals surface area contributed by atoms with Gasteiger partial charge >= 0.3 is 0 Å². The number of hydrogen-bond acceptors (Lipinski definition) is 2. The monoisotopic (exact) mass is 264 g/mol. The summed E-state index contributed by atoms with van der Waals surface area (Å²) >= 11 is 1.94. The Bertz CT molecular complexity index is 196. The molecule has 0 aliphatic carbocycles. The van der Waals surface area contributed by atoms with E-state index in [0.717, 1.165) is 12.6 Å². The predicted molar refractivity (Wildman–Crippen MR) is 65.1 cm³/mol. The first-order valence-electron chi connectivity index (χ1n) is 4.85. The van der Waals surface area contributed by atoms with E-state index in [1.165, 1.54) is 36.7 Å². The van der Waals surface area contributed by atoms with Crippen LogP contribution in [0.3, 0.4) is 0 Å². The lowest BCUT2D eigenvalue weighted by Crippen LogP contribution is -2.38. The summed E-state index contributed by atoms with van der Waals surface area (Å²) in [6.45, 7) is 4.30. The maximum atomic E-state index is 4.53. The summed E-state index contributed by atoms with van der Waals surface area (Å²) in [5.74, 6) is 1.28. The zero-order valence-corrected chi connectivity index (χ0v) is 10.6. The van der Waals surface area contributed by atoms with E-state index >= 15 is 0 Å². The van der Waals surface area contributed by atoms with Crippen LogP contribution in [-0.2, 0) is 0 Å². The average molecular weight is 265 g/mol. The summed E-state index contributed by atoms with van der Waals surface area (Å²) in [7, 11) is 0. The molecule has 4 heteroatoms. The maximum Gasteiger partial charge on any atom is 0.159 e. The molecule has 1 atom stereocenters. The molecular formula is C9H17BrN2S. The first kappa shape index (κ1) is 11.4. The van der Waals surface area contributed by atoms with E-state index in [0.29, 0.717) is 0 Å². The second-order valence-corrected chi connectivity index (χ2v) is 4.45. The molecule has 76 valence electrons. The number of halogens is 1. The van der Waals surface area contributed by atoms with Crippen LogP contribution in [0.5, 0.6) is 0 Å². The lowest BCUT2D eigenvalue weighted by atomic mass is 10.2. The first-order valence-corrected chi connectivity index (χ1v) is 5.84. The Balaban J connectivity index is 0.000000845. The largest absolute Gasteiger partial charge is 0.348 e. The number of hydrogen-bond donors (Lipinski definition) is 0. The molecule has 0 radical (unpaired) electrons. The molecule has 0 bridgehead atoms. The van der Waals surface area contributed by atoms with E-state index in [1.807, 2.05) is 11.8 Å². The van der Waals surface area contributed by atoms with Gasteiger partial charge in [0.25, 0.3) is 0 Å². The molecule has 2 rings (SSSR count). The molecule has 13 heavy (non-hydrogen) atoms. The van der Waals surface area contributed by atoms with E-state index in [-0.39, 0.29) is 17.0 Å². The molecule has 0 aromatic rings. The van der Waals surface area contributed by atoms with Gasteiger partial charge in [0, 0.05) is 24.9 Å². The molecule has 0 aromatic carbocycles. The Morgan fingerprint density at radius 3 is 3.15 bits per heavy atom. The molecule has 0 spiro atoms. The minimum atomic E-state index is 0. The van der Waals surface area contributed by atoms with Crippen LogP contribution < -0.4 is 0 Å². The van der Waals surface area contributed by atoms with Crippen molar-refractivity contribution in [2.24, 2.45) is 4.99 Å². The minimum Gasteiger partial charge on any atom is -0.348 e. The Kier molecular flexibility index (Phi) is 4.59. The fraction of sp³-hybridized carbons (Fsp3) is 0.889. The van der Waals surface area contributed by atoms with Crippen molar-refractivity contribution in [3.05, 3.63) is 0 Å². The number of fused-ring (bicyclic) bond motifs is 1. The van der Waals surface area contributed by atoms with Crippen LogP contribution in [0, 0.1) is 0 Å². The summed E-state index contributed by atoms with van der Waals surface area (Å²) in [6.07, 6.45) is 4.13. The average Bonchev–Trinajstić information content (AvgIpc) is 2.53. The molecule has 0 aromatic heterocycles. The number of rotatable bonds is 1. The normalized spacial score (nSPS) is 30.1. The molecule has 1 unspecified atom stereocenters. The zero-order valence-electron chi connectivity index (χ0n) is 8.03. The summed E-state index contributed by atoms with van der Waals surface area (Å²) in [4.78, 5) is 7.04. The molecule has 2 aliphatic heterocycles. The lowest BCUT2D eigenvalue weighted by Gasteiger charge is -2.31. The second kappa shape index (κ2) is 5.25. The number of nitrogens with zero attached hydrogens (tertiary/aromatic N) is 2. The van der Waals surface area contributed by atoms with E-state index in [9.17, 15) is 0 Å². The predicted octanol–water partition coefficient (Wildman–Crippen LogP) is 2.54. The van der Waals surface area contributed by atoms with E-state index < -0.39 is 0 Å². The molecule has 0 saturated carbocycles. The maximum absolute atomic E-state index is 4.53. The van der Waals surface area contributed by atoms with Gasteiger partial charge in [-0.2, -0.15) is 0 Å². The van der Waals surface area contributed by atoms with Crippen LogP contribution in [0.15, 0.2) is 4.99 Å². The third-order valence-electron chi connectivity index (χ3n) is 2.60. The fourth-order valence-electron chi connectivity index (χ4n) is 2.03. The Morgan fingerprint density at radius 2 is 2.38 bits per heavy atom. The van der Waals surface area contributed by atoms with Crippen molar-refractivity contribution in [3.8, 4) is 0 Å². The highest BCUT2D eigenvalue weighted by Crippen LogP contribution is 2.30. The van der Waals surface area contributed by atoms with Gasteiger partial charge in [0.05, 0.1) is 0 Å². The Morgan fingerprint density at radius 1 is 1.54 bits per heavy atom. The van der Waals surface area contributed by atoms with Crippen LogP contribution in [-0.4, -0.2) is 35.0 Å². The highest BCUT2D eigenvalue weighted by Gasteiger charge is 2.30. The summed E-state index contributed by atoms with van der Waals surface area (Å²) in [5.41, 5.74) is 0. The number of amidine groups is 1. The van der Waals surface area contributed by atoms with Gasteiger partial charge in [-0.1, -0.05) is 11.8 Å². The smallest absolute Gasteiger partial charge is 0.159 e. The van der Waals surface area contributed by atoms with Gasteiger partial charge < -0.3 is 4.90 Å². The summed E-state index contributed by atoms with van der Waals surface area (Å²) in [5, 5.41) is 1.31. The van der Waals surface area contributed by atoms with Crippen LogP contribution >= 0.6 is 28.7 Å². The number of thioether (sulfide) groups is 1. The highest BCUT2D eigenvalue weighted by atomic mass is 79.9. The molecule has 2 aliphatic rings. The van der Waals surface area contributed by atoms with Gasteiger partial charge in [-0.15, -0.1) is 17.0 Å². The third kappa shape index (κ3) is 2.40. The highest BCUT2D eigenvalue weighted by molar-refractivity contribution is 8.93. The van der Waals surface area contributed by atoms with E-state index in [4.69, 9.17) is 0 Å². The van der Waals surface area contributed by atoms with Crippen molar-refractivity contribution in [1.29, 1.82) is 0 Å². The van der Waals surface area contributed by atoms with Gasteiger partial charge in [0.15, 0.2) is 5.17 Å². The quantitative estimate of drug-likeness (QED) is 0.724. The van der Waals surface area contributed by atoms with Gasteiger partial charge in [-0.3, -0.25) is 4.99 Å². The van der Waals surface area contributed by atoms with Gasteiger partial charge in [-0.05, 0) is 26.2 Å². The lowest BCUT2D eigenvalue weighted by molar-refractivity contribution is 0.381. The molecular weight excluding hydrogens is 248 g/mol. The van der Waals surface area contributed by atoms with Crippen LogP contribution in [0.25, 0.3) is 0 Å². The molecule has 2 fully saturated rings. The van der Waals surface area contributed by atoms with E-state index in [1.54, 1.807) is 0 Å². The van der Waals surface area contributed by atoms with E-state index in [2.05, 4.69) is 16.8 Å². The van der Waals surface area contributed by atoms with Crippen LogP contribution in [0.2, 0.25) is 0 Å². The first-order chi connectivity index (χ1) is 5.92. The van der Waals surface area contributed by atoms with Crippen molar-refractivity contribution >= 4 is 33.9 Å². The second-order valence-electron chi connectivity index (χ2n) is 3.38. The van der Waals surface area contributed by atoms with Crippen molar-refractivity contribution in [2.75, 3.05) is 18.8 Å². The van der Waals surface area contributed by atoms with Crippen molar-refractivity contribution < 1.29 is 0 Å². The van der Waals surface area contributed by atoms with Crippen LogP contribution in [0.4, 0.5) is 0 Å². The molecule has 0 amide bonds. The van der Waals surface area contributed by atoms with Crippen molar-refractivity contribution in [1.82, 2.24) is 4.90 Å². The summed E-state index contributed by atoms with van der Waals surface area (Å²) in [6, 6.07) is 0.830. The van der Waals surface area contributed by atoms with Crippen molar-refractivity contribution in [2.45, 2.75) is 32.2 Å². The summed E-state index contributed by atoms with van der Waals surface area (Å²) < 4.78 is 0. The van der Waals surface area contributed by atoms with Crippen molar-refractivity contribution in [3.63, 3.8) is 0 Å². The van der Waals surface area contributed by atoms with Gasteiger partial charge in [0.1, 0.15) is 0 Å². The molecule has 0 N–H and O–H groups in total. The minimum absolute atomic E-state index is 0. The molecule has 2 nitrogen and oxygen atoms in total. The number of aliphatic imine (C=N–C) groups is 1. The molecule has 2 saturated heterocycles. The SMILES string of the molecule is Br.CCN=C1SCCC2CCCN12. The topological polar surface area (TPSA) is 15.6 Å². The molecule has 2 heterocycles. The van der Waals surface area contributed by atoms with Gasteiger partial charge in [-0.25, -0.2) is 0 Å². The van der Waals surface area contributed by atoms with Gasteiger partial charge in [0.2, 0.25) is 0 Å². The Labute approximate surface area is 94.9 Å². The fourth-order valence-corrected chi connectivity index (χ4v) is 3.23. The third-order valence-corrected chi connectivity index (χ3v) is 3.66. The zero-order chi connectivity index (χ0) is 8.39. The van der Waals surface area contributed by atoms with Crippen LogP contribution in [0.1, 0.15) is 26.2 Å².